The zero-order valence-electron chi connectivity index (χ0n) is 13.1. The maximum absolute atomic E-state index is 12.1. The van der Waals surface area contributed by atoms with E-state index in [0.29, 0.717) is 27.7 Å². The molecule has 1 aromatic heterocycles. The Labute approximate surface area is 156 Å². The molecule has 130 valence electrons. The van der Waals surface area contributed by atoms with Crippen molar-refractivity contribution in [3.8, 4) is 0 Å². The van der Waals surface area contributed by atoms with Gasteiger partial charge in [-0.15, -0.1) is 23.7 Å². The Balaban J connectivity index is 0.00000288. The Kier molecular flexibility index (Phi) is 8.78. The Bertz CT molecular complexity index is 678. The van der Waals surface area contributed by atoms with Gasteiger partial charge in [0.1, 0.15) is 0 Å². The van der Waals surface area contributed by atoms with Gasteiger partial charge in [0.25, 0.3) is 11.8 Å². The van der Waals surface area contributed by atoms with Gasteiger partial charge in [0.2, 0.25) is 0 Å². The molecule has 3 N–H and O–H groups in total. The van der Waals surface area contributed by atoms with Gasteiger partial charge in [0, 0.05) is 12.1 Å². The SMILES string of the molecule is CNCCCNC(=O)c1ccc(Cl)c(NC(=O)c2cccs2)c1.Cl. The zero-order valence-corrected chi connectivity index (χ0v) is 15.5. The number of carbonyl (C=O) groups is 2. The van der Waals surface area contributed by atoms with Crippen LogP contribution in [0, 0.1) is 0 Å². The second-order valence-corrected chi connectivity index (χ2v) is 6.19. The Hall–Kier alpha value is -1.60. The molecule has 0 saturated carbocycles. The highest BCUT2D eigenvalue weighted by Gasteiger charge is 2.12. The molecule has 0 aliphatic heterocycles. The number of amides is 2. The molecule has 0 atom stereocenters. The van der Waals surface area contributed by atoms with Crippen molar-refractivity contribution in [3.05, 3.63) is 51.2 Å². The zero-order chi connectivity index (χ0) is 16.7. The Morgan fingerprint density at radius 1 is 1.17 bits per heavy atom. The molecular weight excluding hydrogens is 369 g/mol. The summed E-state index contributed by atoms with van der Waals surface area (Å²) in [5, 5.41) is 10.8. The maximum atomic E-state index is 12.1. The van der Waals surface area contributed by atoms with E-state index in [-0.39, 0.29) is 24.2 Å². The van der Waals surface area contributed by atoms with Crippen molar-refractivity contribution < 1.29 is 9.59 Å². The molecule has 1 heterocycles. The van der Waals surface area contributed by atoms with Gasteiger partial charge in [-0.05, 0) is 49.7 Å². The number of nitrogens with one attached hydrogen (secondary N) is 3. The molecule has 0 spiro atoms. The van der Waals surface area contributed by atoms with Crippen LogP contribution >= 0.6 is 35.3 Å². The molecular formula is C16H19Cl2N3O2S. The van der Waals surface area contributed by atoms with Crippen molar-refractivity contribution in [1.82, 2.24) is 10.6 Å². The van der Waals surface area contributed by atoms with E-state index in [1.165, 1.54) is 11.3 Å². The lowest BCUT2D eigenvalue weighted by atomic mass is 10.2. The summed E-state index contributed by atoms with van der Waals surface area (Å²) in [6.07, 6.45) is 0.845. The third kappa shape index (κ3) is 5.79. The normalized spacial score (nSPS) is 9.92. The van der Waals surface area contributed by atoms with Gasteiger partial charge in [-0.1, -0.05) is 17.7 Å². The number of benzene rings is 1. The average molecular weight is 388 g/mol. The highest BCUT2D eigenvalue weighted by atomic mass is 35.5. The quantitative estimate of drug-likeness (QED) is 0.637. The maximum Gasteiger partial charge on any atom is 0.265 e. The standard InChI is InChI=1S/C16H18ClN3O2S.ClH/c1-18-7-3-8-19-15(21)11-5-6-12(17)13(10-11)20-16(22)14-4-2-9-23-14;/h2,4-6,9-10,18H,3,7-8H2,1H3,(H,19,21)(H,20,22);1H. The van der Waals surface area contributed by atoms with E-state index in [9.17, 15) is 9.59 Å². The van der Waals surface area contributed by atoms with Gasteiger partial charge in [-0.3, -0.25) is 9.59 Å². The van der Waals surface area contributed by atoms with Crippen molar-refractivity contribution in [3.63, 3.8) is 0 Å². The lowest BCUT2D eigenvalue weighted by molar-refractivity contribution is 0.0952. The third-order valence-corrected chi connectivity index (χ3v) is 4.31. The smallest absolute Gasteiger partial charge is 0.265 e. The first-order valence-electron chi connectivity index (χ1n) is 7.19. The number of carbonyl (C=O) groups excluding carboxylic acids is 2. The lowest BCUT2D eigenvalue weighted by Crippen LogP contribution is -2.26. The lowest BCUT2D eigenvalue weighted by Gasteiger charge is -2.09. The molecule has 1 aromatic carbocycles. The van der Waals surface area contributed by atoms with Crippen LogP contribution in [0.4, 0.5) is 5.69 Å². The van der Waals surface area contributed by atoms with Gasteiger partial charge in [0.05, 0.1) is 15.6 Å². The van der Waals surface area contributed by atoms with Crippen LogP contribution < -0.4 is 16.0 Å². The van der Waals surface area contributed by atoms with E-state index in [2.05, 4.69) is 16.0 Å². The summed E-state index contributed by atoms with van der Waals surface area (Å²) in [6.45, 7) is 1.42. The van der Waals surface area contributed by atoms with Gasteiger partial charge in [-0.25, -0.2) is 0 Å². The molecule has 0 fully saturated rings. The highest BCUT2D eigenvalue weighted by molar-refractivity contribution is 7.12. The van der Waals surface area contributed by atoms with Crippen LogP contribution in [0.15, 0.2) is 35.7 Å². The summed E-state index contributed by atoms with van der Waals surface area (Å²) in [5.41, 5.74) is 0.883. The first kappa shape index (κ1) is 20.4. The number of anilines is 1. The minimum atomic E-state index is -0.242. The highest BCUT2D eigenvalue weighted by Crippen LogP contribution is 2.24. The Morgan fingerprint density at radius 3 is 2.62 bits per heavy atom. The number of thiophene rings is 1. The minimum absolute atomic E-state index is 0. The largest absolute Gasteiger partial charge is 0.352 e. The summed E-state index contributed by atoms with van der Waals surface area (Å²) >= 11 is 7.44. The number of rotatable bonds is 7. The van der Waals surface area contributed by atoms with Crippen molar-refractivity contribution in [2.75, 3.05) is 25.5 Å². The topological polar surface area (TPSA) is 70.2 Å². The molecule has 2 rings (SSSR count). The van der Waals surface area contributed by atoms with Crippen molar-refractivity contribution in [2.45, 2.75) is 6.42 Å². The first-order valence-corrected chi connectivity index (χ1v) is 8.45. The van der Waals surface area contributed by atoms with Gasteiger partial charge < -0.3 is 16.0 Å². The number of hydrogen-bond acceptors (Lipinski definition) is 4. The van der Waals surface area contributed by atoms with E-state index < -0.39 is 0 Å². The van der Waals surface area contributed by atoms with Crippen LogP contribution in [0.3, 0.4) is 0 Å². The predicted octanol–water partition coefficient (Wildman–Crippen LogP) is 3.41. The fourth-order valence-corrected chi connectivity index (χ4v) is 2.71. The third-order valence-electron chi connectivity index (χ3n) is 3.11. The second-order valence-electron chi connectivity index (χ2n) is 4.84. The number of hydrogen-bond donors (Lipinski definition) is 3. The fourth-order valence-electron chi connectivity index (χ4n) is 1.92. The predicted molar refractivity (Wildman–Crippen MR) is 102 cm³/mol. The average Bonchev–Trinajstić information content (AvgIpc) is 3.08. The molecule has 24 heavy (non-hydrogen) atoms. The molecule has 0 saturated heterocycles. The fraction of sp³-hybridized carbons (Fsp3) is 0.250. The van der Waals surface area contributed by atoms with E-state index >= 15 is 0 Å². The molecule has 0 aliphatic rings. The molecule has 2 amide bonds. The van der Waals surface area contributed by atoms with E-state index in [4.69, 9.17) is 11.6 Å². The molecule has 5 nitrogen and oxygen atoms in total. The molecule has 0 unspecified atom stereocenters. The molecule has 2 aromatic rings. The summed E-state index contributed by atoms with van der Waals surface area (Å²) in [5.74, 6) is -0.433. The van der Waals surface area contributed by atoms with Gasteiger partial charge in [-0.2, -0.15) is 0 Å². The monoisotopic (exact) mass is 387 g/mol. The molecule has 8 heteroatoms. The van der Waals surface area contributed by atoms with Crippen molar-refractivity contribution in [2.24, 2.45) is 0 Å². The van der Waals surface area contributed by atoms with Crippen LogP contribution in [-0.4, -0.2) is 32.0 Å². The van der Waals surface area contributed by atoms with E-state index in [1.807, 2.05) is 12.4 Å². The van der Waals surface area contributed by atoms with Crippen LogP contribution in [0.5, 0.6) is 0 Å². The minimum Gasteiger partial charge on any atom is -0.352 e. The van der Waals surface area contributed by atoms with Crippen LogP contribution in [-0.2, 0) is 0 Å². The molecule has 0 radical (unpaired) electrons. The summed E-state index contributed by atoms with van der Waals surface area (Å²) in [4.78, 5) is 24.8. The second kappa shape index (κ2) is 10.3. The van der Waals surface area contributed by atoms with Crippen molar-refractivity contribution in [1.29, 1.82) is 0 Å². The van der Waals surface area contributed by atoms with E-state index in [1.54, 1.807) is 30.3 Å². The van der Waals surface area contributed by atoms with Crippen LogP contribution in [0.2, 0.25) is 5.02 Å². The molecule has 0 bridgehead atoms. The van der Waals surface area contributed by atoms with Gasteiger partial charge in [0.15, 0.2) is 0 Å². The summed E-state index contributed by atoms with van der Waals surface area (Å²) in [7, 11) is 1.86. The summed E-state index contributed by atoms with van der Waals surface area (Å²) in [6, 6.07) is 8.36. The Morgan fingerprint density at radius 2 is 1.96 bits per heavy atom. The van der Waals surface area contributed by atoms with Gasteiger partial charge >= 0.3 is 0 Å². The molecule has 0 aliphatic carbocycles. The van der Waals surface area contributed by atoms with Crippen LogP contribution in [0.25, 0.3) is 0 Å². The van der Waals surface area contributed by atoms with E-state index in [0.717, 1.165) is 13.0 Å². The van der Waals surface area contributed by atoms with Crippen LogP contribution in [0.1, 0.15) is 26.5 Å². The summed E-state index contributed by atoms with van der Waals surface area (Å²) < 4.78 is 0. The number of halogens is 2. The first-order chi connectivity index (χ1) is 11.1. The van der Waals surface area contributed by atoms with Crippen molar-refractivity contribution >= 4 is 52.8 Å².